The molecular formula is C16H16F2N2O. The quantitative estimate of drug-likeness (QED) is 0.888. The number of nitrogens with one attached hydrogen (secondary N) is 1. The molecule has 0 aliphatic carbocycles. The van der Waals surface area contributed by atoms with Gasteiger partial charge >= 0.3 is 0 Å². The van der Waals surface area contributed by atoms with Gasteiger partial charge in [0.15, 0.2) is 11.6 Å². The zero-order valence-corrected chi connectivity index (χ0v) is 11.6. The largest absolute Gasteiger partial charge is 0.378 e. The molecule has 0 aliphatic rings. The van der Waals surface area contributed by atoms with E-state index in [-0.39, 0.29) is 12.5 Å². The van der Waals surface area contributed by atoms with E-state index in [1.54, 1.807) is 6.07 Å². The van der Waals surface area contributed by atoms with E-state index in [2.05, 4.69) is 5.32 Å². The third-order valence-corrected chi connectivity index (χ3v) is 3.20. The zero-order chi connectivity index (χ0) is 15.4. The Balaban J connectivity index is 2.21. The lowest BCUT2D eigenvalue weighted by atomic mass is 10.1. The maximum Gasteiger partial charge on any atom is 0.221 e. The highest BCUT2D eigenvalue weighted by molar-refractivity contribution is 5.78. The Morgan fingerprint density at radius 2 is 1.90 bits per heavy atom. The minimum absolute atomic E-state index is 0.119. The van der Waals surface area contributed by atoms with E-state index >= 15 is 0 Å². The van der Waals surface area contributed by atoms with E-state index in [0.29, 0.717) is 5.56 Å². The Kier molecular flexibility index (Phi) is 4.52. The normalized spacial score (nSPS) is 12.0. The molecule has 2 aromatic carbocycles. The molecule has 0 radical (unpaired) electrons. The van der Waals surface area contributed by atoms with Gasteiger partial charge in [-0.15, -0.1) is 0 Å². The molecule has 5 heteroatoms. The summed E-state index contributed by atoms with van der Waals surface area (Å²) in [7, 11) is 0. The van der Waals surface area contributed by atoms with Crippen LogP contribution in [0.15, 0.2) is 42.5 Å². The van der Waals surface area contributed by atoms with Crippen LogP contribution in [0.3, 0.4) is 0 Å². The van der Waals surface area contributed by atoms with E-state index in [4.69, 9.17) is 5.73 Å². The molecule has 1 atom stereocenters. The van der Waals surface area contributed by atoms with Crippen LogP contribution in [0.25, 0.3) is 0 Å². The van der Waals surface area contributed by atoms with Crippen molar-refractivity contribution >= 4 is 11.6 Å². The second-order valence-electron chi connectivity index (χ2n) is 4.84. The van der Waals surface area contributed by atoms with Crippen molar-refractivity contribution < 1.29 is 13.6 Å². The fourth-order valence-electron chi connectivity index (χ4n) is 2.10. The van der Waals surface area contributed by atoms with E-state index in [1.165, 1.54) is 6.07 Å². The van der Waals surface area contributed by atoms with Crippen molar-refractivity contribution in [1.29, 1.82) is 0 Å². The highest BCUT2D eigenvalue weighted by Gasteiger charge is 2.11. The van der Waals surface area contributed by atoms with E-state index in [1.807, 2.05) is 25.1 Å². The first-order valence-electron chi connectivity index (χ1n) is 6.55. The predicted molar refractivity (Wildman–Crippen MR) is 77.7 cm³/mol. The van der Waals surface area contributed by atoms with Gasteiger partial charge in [-0.1, -0.05) is 24.3 Å². The summed E-state index contributed by atoms with van der Waals surface area (Å²) in [6.07, 6.45) is 0.119. The lowest BCUT2D eigenvalue weighted by Crippen LogP contribution is -2.16. The van der Waals surface area contributed by atoms with E-state index in [9.17, 15) is 13.6 Å². The highest BCUT2D eigenvalue weighted by Crippen LogP contribution is 2.23. The van der Waals surface area contributed by atoms with E-state index < -0.39 is 17.5 Å². The summed E-state index contributed by atoms with van der Waals surface area (Å²) in [5.74, 6) is -2.18. The number of nitrogens with two attached hydrogens (primary N) is 1. The van der Waals surface area contributed by atoms with Crippen LogP contribution in [0, 0.1) is 11.6 Å². The molecule has 0 aliphatic heterocycles. The molecule has 0 bridgehead atoms. The predicted octanol–water partition coefficient (Wildman–Crippen LogP) is 3.17. The van der Waals surface area contributed by atoms with Crippen LogP contribution in [-0.2, 0) is 11.2 Å². The van der Waals surface area contributed by atoms with Gasteiger partial charge in [-0.25, -0.2) is 8.78 Å². The van der Waals surface area contributed by atoms with Crippen LogP contribution in [-0.4, -0.2) is 5.91 Å². The molecule has 0 heterocycles. The molecular weight excluding hydrogens is 274 g/mol. The molecule has 0 fully saturated rings. The maximum atomic E-state index is 13.3. The van der Waals surface area contributed by atoms with Crippen LogP contribution < -0.4 is 11.1 Å². The molecule has 110 valence electrons. The minimum atomic E-state index is -0.883. The van der Waals surface area contributed by atoms with Gasteiger partial charge in [0.1, 0.15) is 0 Å². The van der Waals surface area contributed by atoms with Crippen molar-refractivity contribution in [2.75, 3.05) is 5.32 Å². The Labute approximate surface area is 121 Å². The molecule has 0 saturated heterocycles. The molecule has 2 aromatic rings. The first kappa shape index (κ1) is 15.0. The second-order valence-corrected chi connectivity index (χ2v) is 4.84. The highest BCUT2D eigenvalue weighted by atomic mass is 19.2. The Morgan fingerprint density at radius 1 is 1.19 bits per heavy atom. The van der Waals surface area contributed by atoms with Crippen LogP contribution in [0.5, 0.6) is 0 Å². The second kappa shape index (κ2) is 6.35. The summed E-state index contributed by atoms with van der Waals surface area (Å²) >= 11 is 0. The molecule has 0 aromatic heterocycles. The standard InChI is InChI=1S/C16H16F2N2O/c1-10(11-6-7-13(17)14(18)8-11)20-15-5-3-2-4-12(15)9-16(19)21/h2-8,10,20H,9H2,1H3,(H2,19,21). The molecule has 0 spiro atoms. The summed E-state index contributed by atoms with van der Waals surface area (Å²) in [6.45, 7) is 1.83. The average Bonchev–Trinajstić information content (AvgIpc) is 2.43. The van der Waals surface area contributed by atoms with Crippen molar-refractivity contribution in [2.24, 2.45) is 5.73 Å². The van der Waals surface area contributed by atoms with Crippen molar-refractivity contribution in [1.82, 2.24) is 0 Å². The lowest BCUT2D eigenvalue weighted by molar-refractivity contribution is -0.117. The van der Waals surface area contributed by atoms with Crippen molar-refractivity contribution in [3.63, 3.8) is 0 Å². The van der Waals surface area contributed by atoms with Crippen molar-refractivity contribution in [3.8, 4) is 0 Å². The molecule has 0 saturated carbocycles. The summed E-state index contributed by atoms with van der Waals surface area (Å²) in [6, 6.07) is 10.8. The molecule has 2 rings (SSSR count). The Hall–Kier alpha value is -2.43. The molecule has 3 nitrogen and oxygen atoms in total. The van der Waals surface area contributed by atoms with Gasteiger partial charge in [-0.3, -0.25) is 4.79 Å². The van der Waals surface area contributed by atoms with Crippen LogP contribution in [0.4, 0.5) is 14.5 Å². The number of rotatable bonds is 5. The molecule has 1 unspecified atom stereocenters. The zero-order valence-electron chi connectivity index (χ0n) is 11.6. The molecule has 3 N–H and O–H groups in total. The van der Waals surface area contributed by atoms with Gasteiger partial charge in [0.05, 0.1) is 6.42 Å². The average molecular weight is 290 g/mol. The van der Waals surface area contributed by atoms with Gasteiger partial charge in [-0.05, 0) is 36.2 Å². The van der Waals surface area contributed by atoms with Gasteiger partial charge in [0.2, 0.25) is 5.91 Å². The SMILES string of the molecule is CC(Nc1ccccc1CC(N)=O)c1ccc(F)c(F)c1. The monoisotopic (exact) mass is 290 g/mol. The molecule has 21 heavy (non-hydrogen) atoms. The third-order valence-electron chi connectivity index (χ3n) is 3.20. The lowest BCUT2D eigenvalue weighted by Gasteiger charge is -2.18. The summed E-state index contributed by atoms with van der Waals surface area (Å²) in [5, 5.41) is 3.18. The molecule has 1 amide bonds. The number of hydrogen-bond acceptors (Lipinski definition) is 2. The van der Waals surface area contributed by atoms with Crippen molar-refractivity contribution in [2.45, 2.75) is 19.4 Å². The first-order chi connectivity index (χ1) is 9.97. The maximum absolute atomic E-state index is 13.3. The number of carbonyl (C=O) groups excluding carboxylic acids is 1. The number of primary amides is 1. The van der Waals surface area contributed by atoms with Crippen LogP contribution in [0.1, 0.15) is 24.1 Å². The fraction of sp³-hybridized carbons (Fsp3) is 0.188. The topological polar surface area (TPSA) is 55.1 Å². The fourth-order valence-corrected chi connectivity index (χ4v) is 2.10. The number of halogens is 2. The van der Waals surface area contributed by atoms with E-state index in [0.717, 1.165) is 23.4 Å². The van der Waals surface area contributed by atoms with Gasteiger partial charge in [0, 0.05) is 11.7 Å². The number of carbonyl (C=O) groups is 1. The number of para-hydroxylation sites is 1. The minimum Gasteiger partial charge on any atom is -0.378 e. The third kappa shape index (κ3) is 3.78. The number of amides is 1. The number of benzene rings is 2. The Bertz CT molecular complexity index is 658. The smallest absolute Gasteiger partial charge is 0.221 e. The van der Waals surface area contributed by atoms with Crippen molar-refractivity contribution in [3.05, 3.63) is 65.2 Å². The van der Waals surface area contributed by atoms with Gasteiger partial charge in [0.25, 0.3) is 0 Å². The summed E-state index contributed by atoms with van der Waals surface area (Å²) in [4.78, 5) is 11.1. The summed E-state index contributed by atoms with van der Waals surface area (Å²) in [5.41, 5.74) is 7.33. The first-order valence-corrected chi connectivity index (χ1v) is 6.55. The van der Waals surface area contributed by atoms with Gasteiger partial charge < -0.3 is 11.1 Å². The van der Waals surface area contributed by atoms with Crippen LogP contribution in [0.2, 0.25) is 0 Å². The summed E-state index contributed by atoms with van der Waals surface area (Å²) < 4.78 is 26.2. The van der Waals surface area contributed by atoms with Gasteiger partial charge in [-0.2, -0.15) is 0 Å². The number of anilines is 1. The Morgan fingerprint density at radius 3 is 2.57 bits per heavy atom. The number of hydrogen-bond donors (Lipinski definition) is 2. The van der Waals surface area contributed by atoms with Crippen LogP contribution >= 0.6 is 0 Å².